The van der Waals surface area contributed by atoms with Crippen LogP contribution in [0.15, 0.2) is 48.5 Å². The van der Waals surface area contributed by atoms with Gasteiger partial charge in [0, 0.05) is 23.7 Å². The van der Waals surface area contributed by atoms with E-state index in [0.29, 0.717) is 23.8 Å². The fourth-order valence-corrected chi connectivity index (χ4v) is 3.47. The van der Waals surface area contributed by atoms with Crippen LogP contribution in [0.5, 0.6) is 5.75 Å². The second-order valence-corrected chi connectivity index (χ2v) is 7.34. The van der Waals surface area contributed by atoms with Crippen molar-refractivity contribution in [3.8, 4) is 5.75 Å². The maximum Gasteiger partial charge on any atom is 0.227 e. The second-order valence-electron chi connectivity index (χ2n) is 7.34. The first kappa shape index (κ1) is 19.2. The molecule has 0 spiro atoms. The summed E-state index contributed by atoms with van der Waals surface area (Å²) in [5.74, 6) is 1.28. The molecule has 4 heteroatoms. The van der Waals surface area contributed by atoms with Gasteiger partial charge in [-0.25, -0.2) is 0 Å². The number of nitrogens with zero attached hydrogens (tertiary/aromatic N) is 1. The Morgan fingerprint density at radius 2 is 1.85 bits per heavy atom. The summed E-state index contributed by atoms with van der Waals surface area (Å²) in [7, 11) is 1.59. The number of rotatable bonds is 8. The summed E-state index contributed by atoms with van der Waals surface area (Å²) in [5.41, 5.74) is 2.49. The molecule has 0 aromatic heterocycles. The van der Waals surface area contributed by atoms with Crippen molar-refractivity contribution in [2.45, 2.75) is 45.7 Å². The summed E-state index contributed by atoms with van der Waals surface area (Å²) in [4.78, 5) is 26.9. The molecular formula is C23H27NO3. The molecule has 2 aromatic rings. The Labute approximate surface area is 161 Å². The highest BCUT2D eigenvalue weighted by Gasteiger charge is 2.34. The van der Waals surface area contributed by atoms with E-state index in [1.165, 1.54) is 19.8 Å². The number of hydrogen-bond acceptors (Lipinski definition) is 3. The number of carbonyl (C=O) groups is 2. The molecule has 142 valence electrons. The number of ketones is 1. The van der Waals surface area contributed by atoms with Gasteiger partial charge in [-0.05, 0) is 56.4 Å². The number of carbonyl (C=O) groups excluding carboxylic acids is 2. The van der Waals surface area contributed by atoms with Crippen LogP contribution < -0.4 is 4.74 Å². The van der Waals surface area contributed by atoms with Crippen LogP contribution in [0.3, 0.4) is 0 Å². The van der Waals surface area contributed by atoms with Gasteiger partial charge in [0.15, 0.2) is 5.78 Å². The molecule has 2 aromatic carbocycles. The Balaban J connectivity index is 1.83. The summed E-state index contributed by atoms with van der Waals surface area (Å²) in [5, 5.41) is 0. The lowest BCUT2D eigenvalue weighted by Gasteiger charge is -2.30. The lowest BCUT2D eigenvalue weighted by atomic mass is 10.0. The van der Waals surface area contributed by atoms with Crippen LogP contribution in [0, 0.1) is 5.92 Å². The van der Waals surface area contributed by atoms with Crippen LogP contribution in [-0.2, 0) is 17.8 Å². The Hall–Kier alpha value is -2.62. The molecule has 1 fully saturated rings. The van der Waals surface area contributed by atoms with Gasteiger partial charge in [0.25, 0.3) is 0 Å². The van der Waals surface area contributed by atoms with E-state index < -0.39 is 0 Å². The fourth-order valence-electron chi connectivity index (χ4n) is 3.47. The van der Waals surface area contributed by atoms with Gasteiger partial charge in [-0.1, -0.05) is 30.3 Å². The molecule has 1 aliphatic carbocycles. The van der Waals surface area contributed by atoms with Gasteiger partial charge in [-0.2, -0.15) is 0 Å². The van der Waals surface area contributed by atoms with E-state index in [1.54, 1.807) is 25.3 Å². The van der Waals surface area contributed by atoms with E-state index >= 15 is 0 Å². The number of benzene rings is 2. The summed E-state index contributed by atoms with van der Waals surface area (Å²) in [6, 6.07) is 15.6. The van der Waals surface area contributed by atoms with E-state index in [0.717, 1.165) is 11.1 Å². The summed E-state index contributed by atoms with van der Waals surface area (Å²) in [6.45, 7) is 4.28. The summed E-state index contributed by atoms with van der Waals surface area (Å²) in [6.07, 6.45) is 2.60. The third-order valence-electron chi connectivity index (χ3n) is 5.34. The molecule has 0 saturated heterocycles. The van der Waals surface area contributed by atoms with Gasteiger partial charge < -0.3 is 9.64 Å². The van der Waals surface area contributed by atoms with Gasteiger partial charge in [0.2, 0.25) is 5.91 Å². The third kappa shape index (κ3) is 4.76. The smallest absolute Gasteiger partial charge is 0.227 e. The first-order valence-electron chi connectivity index (χ1n) is 9.51. The second kappa shape index (κ2) is 8.38. The SMILES string of the molecule is COc1ccc(C(C)=O)cc1CC(=O)N(Cc1ccccc1)C(C)C1CC1. The van der Waals surface area contributed by atoms with E-state index in [1.807, 2.05) is 23.1 Å². The zero-order valence-electron chi connectivity index (χ0n) is 16.3. The quantitative estimate of drug-likeness (QED) is 0.657. The van der Waals surface area contributed by atoms with Crippen molar-refractivity contribution in [3.63, 3.8) is 0 Å². The Bertz CT molecular complexity index is 812. The highest BCUT2D eigenvalue weighted by atomic mass is 16.5. The van der Waals surface area contributed by atoms with Crippen molar-refractivity contribution in [1.29, 1.82) is 0 Å². The minimum Gasteiger partial charge on any atom is -0.496 e. The largest absolute Gasteiger partial charge is 0.496 e. The average Bonchev–Trinajstić information content (AvgIpc) is 3.51. The van der Waals surface area contributed by atoms with Gasteiger partial charge in [-0.15, -0.1) is 0 Å². The molecule has 4 nitrogen and oxygen atoms in total. The third-order valence-corrected chi connectivity index (χ3v) is 5.34. The Morgan fingerprint density at radius 1 is 1.15 bits per heavy atom. The number of amides is 1. The maximum absolute atomic E-state index is 13.2. The van der Waals surface area contributed by atoms with Gasteiger partial charge in [-0.3, -0.25) is 9.59 Å². The van der Waals surface area contributed by atoms with Crippen LogP contribution in [0.25, 0.3) is 0 Å². The van der Waals surface area contributed by atoms with Crippen LogP contribution in [-0.4, -0.2) is 29.7 Å². The van der Waals surface area contributed by atoms with Crippen molar-refractivity contribution in [2.75, 3.05) is 7.11 Å². The highest BCUT2D eigenvalue weighted by Crippen LogP contribution is 2.36. The highest BCUT2D eigenvalue weighted by molar-refractivity contribution is 5.94. The molecule has 1 atom stereocenters. The molecule has 0 aliphatic heterocycles. The van der Waals surface area contributed by atoms with Gasteiger partial charge in [0.1, 0.15) is 5.75 Å². The Morgan fingerprint density at radius 3 is 2.44 bits per heavy atom. The monoisotopic (exact) mass is 365 g/mol. The molecule has 0 heterocycles. The maximum atomic E-state index is 13.2. The zero-order valence-corrected chi connectivity index (χ0v) is 16.3. The predicted molar refractivity (Wildman–Crippen MR) is 106 cm³/mol. The lowest BCUT2D eigenvalue weighted by Crippen LogP contribution is -2.40. The summed E-state index contributed by atoms with van der Waals surface area (Å²) < 4.78 is 5.42. The molecule has 1 saturated carbocycles. The molecule has 1 unspecified atom stereocenters. The summed E-state index contributed by atoms with van der Waals surface area (Å²) >= 11 is 0. The molecule has 0 N–H and O–H groups in total. The molecule has 1 aliphatic rings. The molecule has 27 heavy (non-hydrogen) atoms. The number of Topliss-reactive ketones (excluding diaryl/α,β-unsaturated/α-hetero) is 1. The Kier molecular flexibility index (Phi) is 5.94. The predicted octanol–water partition coefficient (Wildman–Crippen LogP) is 4.27. The topological polar surface area (TPSA) is 46.6 Å². The first-order valence-corrected chi connectivity index (χ1v) is 9.51. The van der Waals surface area contributed by atoms with Crippen molar-refractivity contribution in [3.05, 3.63) is 65.2 Å². The normalized spacial score (nSPS) is 14.5. The first-order chi connectivity index (χ1) is 13.0. The molecule has 0 radical (unpaired) electrons. The minimum atomic E-state index is -0.0150. The molecular weight excluding hydrogens is 338 g/mol. The van der Waals surface area contributed by atoms with Crippen LogP contribution in [0.2, 0.25) is 0 Å². The van der Waals surface area contributed by atoms with E-state index in [-0.39, 0.29) is 24.2 Å². The van der Waals surface area contributed by atoms with E-state index in [2.05, 4.69) is 19.1 Å². The molecule has 1 amide bonds. The lowest BCUT2D eigenvalue weighted by molar-refractivity contribution is -0.133. The fraction of sp³-hybridized carbons (Fsp3) is 0.391. The van der Waals surface area contributed by atoms with Crippen LogP contribution >= 0.6 is 0 Å². The average molecular weight is 365 g/mol. The number of ether oxygens (including phenoxy) is 1. The van der Waals surface area contributed by atoms with E-state index in [9.17, 15) is 9.59 Å². The van der Waals surface area contributed by atoms with Crippen molar-refractivity contribution >= 4 is 11.7 Å². The van der Waals surface area contributed by atoms with Gasteiger partial charge in [0.05, 0.1) is 13.5 Å². The van der Waals surface area contributed by atoms with Crippen molar-refractivity contribution in [2.24, 2.45) is 5.92 Å². The molecule has 0 bridgehead atoms. The zero-order chi connectivity index (χ0) is 19.4. The number of hydrogen-bond donors (Lipinski definition) is 0. The standard InChI is InChI=1S/C23H27NO3/c1-16(19-9-10-19)24(15-18-7-5-4-6-8-18)23(26)14-21-13-20(17(2)25)11-12-22(21)27-3/h4-8,11-13,16,19H,9-10,14-15H2,1-3H3. The van der Waals surface area contributed by atoms with E-state index in [4.69, 9.17) is 4.74 Å². The van der Waals surface area contributed by atoms with Crippen LogP contribution in [0.1, 0.15) is 48.2 Å². The van der Waals surface area contributed by atoms with Crippen molar-refractivity contribution in [1.82, 2.24) is 4.90 Å². The van der Waals surface area contributed by atoms with Crippen LogP contribution in [0.4, 0.5) is 0 Å². The minimum absolute atomic E-state index is 0.0150. The molecule has 3 rings (SSSR count). The van der Waals surface area contributed by atoms with Crippen molar-refractivity contribution < 1.29 is 14.3 Å². The van der Waals surface area contributed by atoms with Gasteiger partial charge >= 0.3 is 0 Å². The number of methoxy groups -OCH3 is 1.